The third-order valence-corrected chi connectivity index (χ3v) is 2.33. The lowest BCUT2D eigenvalue weighted by molar-refractivity contribution is -0.142. The number of carbonyl (C=O) groups is 2. The molecule has 0 aliphatic rings. The summed E-state index contributed by atoms with van der Waals surface area (Å²) in [4.78, 5) is 22.3. The van der Waals surface area contributed by atoms with Crippen molar-refractivity contribution in [1.82, 2.24) is 5.32 Å². The van der Waals surface area contributed by atoms with E-state index in [-0.39, 0.29) is 19.4 Å². The third kappa shape index (κ3) is 4.50. The van der Waals surface area contributed by atoms with E-state index in [2.05, 4.69) is 5.32 Å². The van der Waals surface area contributed by atoms with Crippen molar-refractivity contribution in [3.63, 3.8) is 0 Å². The molecule has 0 unspecified atom stereocenters. The lowest BCUT2D eigenvalue weighted by Gasteiger charge is -2.13. The summed E-state index contributed by atoms with van der Waals surface area (Å²) in [5.74, 6) is -2.08. The number of halogens is 1. The van der Waals surface area contributed by atoms with Crippen molar-refractivity contribution in [2.24, 2.45) is 0 Å². The number of amides is 1. The molecule has 5 nitrogen and oxygen atoms in total. The Bertz CT molecular complexity index is 419. The van der Waals surface area contributed by atoms with Crippen LogP contribution in [0.4, 0.5) is 4.39 Å². The predicted molar refractivity (Wildman–Crippen MR) is 61.4 cm³/mol. The first-order chi connectivity index (χ1) is 8.52. The highest BCUT2D eigenvalue weighted by molar-refractivity contribution is 5.84. The zero-order valence-electron chi connectivity index (χ0n) is 9.60. The van der Waals surface area contributed by atoms with Crippen molar-refractivity contribution in [3.8, 4) is 0 Å². The number of nitrogens with one attached hydrogen (secondary N) is 1. The van der Waals surface area contributed by atoms with Crippen LogP contribution >= 0.6 is 0 Å². The van der Waals surface area contributed by atoms with Gasteiger partial charge in [-0.25, -0.2) is 9.18 Å². The van der Waals surface area contributed by atoms with Crippen LogP contribution in [-0.4, -0.2) is 34.7 Å². The summed E-state index contributed by atoms with van der Waals surface area (Å²) >= 11 is 0. The van der Waals surface area contributed by atoms with E-state index < -0.39 is 23.7 Å². The largest absolute Gasteiger partial charge is 0.480 e. The molecular formula is C12H14FNO4. The van der Waals surface area contributed by atoms with Gasteiger partial charge in [-0.3, -0.25) is 4.79 Å². The molecule has 98 valence electrons. The fourth-order valence-electron chi connectivity index (χ4n) is 1.42. The molecule has 0 fully saturated rings. The summed E-state index contributed by atoms with van der Waals surface area (Å²) in [6, 6.07) is 4.26. The fraction of sp³-hybridized carbons (Fsp3) is 0.333. The van der Waals surface area contributed by atoms with E-state index in [0.717, 1.165) is 0 Å². The highest BCUT2D eigenvalue weighted by Crippen LogP contribution is 2.04. The molecule has 0 spiro atoms. The van der Waals surface area contributed by atoms with Gasteiger partial charge in [-0.1, -0.05) is 12.1 Å². The fourth-order valence-corrected chi connectivity index (χ4v) is 1.42. The van der Waals surface area contributed by atoms with Crippen LogP contribution in [0, 0.1) is 5.82 Å². The Labute approximate surface area is 103 Å². The zero-order valence-corrected chi connectivity index (χ0v) is 9.60. The van der Waals surface area contributed by atoms with Crippen LogP contribution in [0.15, 0.2) is 24.3 Å². The standard InChI is InChI=1S/C12H14FNO4/c13-9-3-1-8(2-4-9)7-11(16)14-10(5-6-15)12(17)18/h1-4,10,15H,5-7H2,(H,14,16)(H,17,18)/t10-/m1/s1. The molecule has 1 atom stereocenters. The van der Waals surface area contributed by atoms with Gasteiger partial charge >= 0.3 is 5.97 Å². The summed E-state index contributed by atoms with van der Waals surface area (Å²) in [5.41, 5.74) is 0.585. The third-order valence-electron chi connectivity index (χ3n) is 2.33. The van der Waals surface area contributed by atoms with E-state index in [4.69, 9.17) is 10.2 Å². The molecular weight excluding hydrogens is 241 g/mol. The second kappa shape index (κ2) is 6.70. The van der Waals surface area contributed by atoms with Crippen molar-refractivity contribution < 1.29 is 24.2 Å². The Morgan fingerprint density at radius 3 is 2.39 bits per heavy atom. The molecule has 0 saturated heterocycles. The van der Waals surface area contributed by atoms with E-state index in [1.165, 1.54) is 24.3 Å². The Morgan fingerprint density at radius 2 is 1.89 bits per heavy atom. The minimum Gasteiger partial charge on any atom is -0.480 e. The zero-order chi connectivity index (χ0) is 13.5. The molecule has 6 heteroatoms. The smallest absolute Gasteiger partial charge is 0.326 e. The topological polar surface area (TPSA) is 86.6 Å². The minimum atomic E-state index is -1.20. The second-order valence-electron chi connectivity index (χ2n) is 3.77. The van der Waals surface area contributed by atoms with E-state index in [1.807, 2.05) is 0 Å². The van der Waals surface area contributed by atoms with Crippen LogP contribution in [0.1, 0.15) is 12.0 Å². The Hall–Kier alpha value is -1.95. The monoisotopic (exact) mass is 255 g/mol. The average Bonchev–Trinajstić information content (AvgIpc) is 2.31. The van der Waals surface area contributed by atoms with E-state index in [9.17, 15) is 14.0 Å². The van der Waals surface area contributed by atoms with Crippen LogP contribution in [0.5, 0.6) is 0 Å². The maximum absolute atomic E-state index is 12.6. The van der Waals surface area contributed by atoms with Crippen LogP contribution in [-0.2, 0) is 16.0 Å². The summed E-state index contributed by atoms with van der Waals surface area (Å²) in [6.07, 6.45) is -0.0834. The number of hydrogen-bond acceptors (Lipinski definition) is 3. The number of carboxylic acid groups (broad SMARTS) is 1. The van der Waals surface area contributed by atoms with Gasteiger partial charge in [0, 0.05) is 13.0 Å². The van der Waals surface area contributed by atoms with Gasteiger partial charge in [0.25, 0.3) is 0 Å². The maximum Gasteiger partial charge on any atom is 0.326 e. The molecule has 0 bridgehead atoms. The maximum atomic E-state index is 12.6. The highest BCUT2D eigenvalue weighted by Gasteiger charge is 2.19. The average molecular weight is 255 g/mol. The lowest BCUT2D eigenvalue weighted by Crippen LogP contribution is -2.42. The number of aliphatic hydroxyl groups is 1. The van der Waals surface area contributed by atoms with E-state index in [0.29, 0.717) is 5.56 Å². The molecule has 0 aliphatic heterocycles. The molecule has 0 aromatic heterocycles. The minimum absolute atomic E-state index is 0.0323. The van der Waals surface area contributed by atoms with Gasteiger partial charge in [-0.15, -0.1) is 0 Å². The lowest BCUT2D eigenvalue weighted by atomic mass is 10.1. The molecule has 0 aliphatic carbocycles. The summed E-state index contributed by atoms with van der Waals surface area (Å²) in [6.45, 7) is -0.326. The van der Waals surface area contributed by atoms with Crippen molar-refractivity contribution in [2.45, 2.75) is 18.9 Å². The molecule has 1 aromatic carbocycles. The summed E-state index contributed by atoms with van der Waals surface area (Å²) in [7, 11) is 0. The first-order valence-corrected chi connectivity index (χ1v) is 5.40. The summed E-state index contributed by atoms with van der Waals surface area (Å²) in [5, 5.41) is 19.7. The van der Waals surface area contributed by atoms with Crippen molar-refractivity contribution >= 4 is 11.9 Å². The van der Waals surface area contributed by atoms with Gasteiger partial charge < -0.3 is 15.5 Å². The van der Waals surface area contributed by atoms with Crippen molar-refractivity contribution in [3.05, 3.63) is 35.6 Å². The number of carboxylic acids is 1. The summed E-state index contributed by atoms with van der Waals surface area (Å²) < 4.78 is 12.6. The second-order valence-corrected chi connectivity index (χ2v) is 3.77. The quantitative estimate of drug-likeness (QED) is 0.683. The Kier molecular flexibility index (Phi) is 5.26. The first-order valence-electron chi connectivity index (χ1n) is 5.40. The van der Waals surface area contributed by atoms with E-state index in [1.54, 1.807) is 0 Å². The predicted octanol–water partition coefficient (Wildman–Crippen LogP) is 0.320. The Morgan fingerprint density at radius 1 is 1.28 bits per heavy atom. The highest BCUT2D eigenvalue weighted by atomic mass is 19.1. The van der Waals surface area contributed by atoms with Gasteiger partial charge in [-0.2, -0.15) is 0 Å². The van der Waals surface area contributed by atoms with Gasteiger partial charge in [0.05, 0.1) is 6.42 Å². The van der Waals surface area contributed by atoms with Crippen LogP contribution in [0.25, 0.3) is 0 Å². The SMILES string of the molecule is O=C(Cc1ccc(F)cc1)N[C@H](CCO)C(=O)O. The number of carbonyl (C=O) groups excluding carboxylic acids is 1. The van der Waals surface area contributed by atoms with Crippen molar-refractivity contribution in [2.75, 3.05) is 6.61 Å². The number of benzene rings is 1. The van der Waals surface area contributed by atoms with Gasteiger partial charge in [0.15, 0.2) is 0 Å². The molecule has 1 amide bonds. The van der Waals surface area contributed by atoms with E-state index >= 15 is 0 Å². The Balaban J connectivity index is 2.54. The molecule has 1 rings (SSSR count). The van der Waals surface area contributed by atoms with Gasteiger partial charge in [0.1, 0.15) is 11.9 Å². The number of rotatable bonds is 6. The van der Waals surface area contributed by atoms with Crippen LogP contribution in [0.2, 0.25) is 0 Å². The molecule has 0 saturated carbocycles. The number of aliphatic hydroxyl groups excluding tert-OH is 1. The van der Waals surface area contributed by atoms with Crippen molar-refractivity contribution in [1.29, 1.82) is 0 Å². The molecule has 0 radical (unpaired) electrons. The van der Waals surface area contributed by atoms with Crippen LogP contribution < -0.4 is 5.32 Å². The number of hydrogen-bond donors (Lipinski definition) is 3. The van der Waals surface area contributed by atoms with Gasteiger partial charge in [-0.05, 0) is 17.7 Å². The normalized spacial score (nSPS) is 11.9. The molecule has 3 N–H and O–H groups in total. The van der Waals surface area contributed by atoms with Gasteiger partial charge in [0.2, 0.25) is 5.91 Å². The first kappa shape index (κ1) is 14.1. The van der Waals surface area contributed by atoms with Crippen LogP contribution in [0.3, 0.4) is 0 Å². The molecule has 18 heavy (non-hydrogen) atoms. The number of aliphatic carboxylic acids is 1. The molecule has 0 heterocycles. The molecule has 1 aromatic rings.